The number of likely N-dealkylation sites (tertiary alicyclic amines) is 1. The molecule has 0 N–H and O–H groups in total. The number of nitrogens with zero attached hydrogens (tertiary/aromatic N) is 2. The maximum absolute atomic E-state index is 13.3. The Morgan fingerprint density at radius 2 is 1.92 bits per heavy atom. The lowest BCUT2D eigenvalue weighted by Gasteiger charge is -2.14. The van der Waals surface area contributed by atoms with Gasteiger partial charge < -0.3 is 9.64 Å². The van der Waals surface area contributed by atoms with E-state index in [1.165, 1.54) is 3.97 Å². The molecule has 26 heavy (non-hydrogen) atoms. The highest BCUT2D eigenvalue weighted by molar-refractivity contribution is 7.90. The molecule has 1 aromatic heterocycles. The summed E-state index contributed by atoms with van der Waals surface area (Å²) in [5.74, 6) is 1.03. The Morgan fingerprint density at radius 1 is 1.12 bits per heavy atom. The second kappa shape index (κ2) is 5.34. The number of hydrogen-bond acceptors (Lipinski definition) is 4. The van der Waals surface area contributed by atoms with E-state index in [-0.39, 0.29) is 5.92 Å². The van der Waals surface area contributed by atoms with E-state index in [2.05, 4.69) is 11.9 Å². The summed E-state index contributed by atoms with van der Waals surface area (Å²) in [6.45, 7) is 1.94. The highest BCUT2D eigenvalue weighted by Crippen LogP contribution is 2.50. The molecule has 2 aliphatic heterocycles. The number of methoxy groups -OCH3 is 1. The fourth-order valence-corrected chi connectivity index (χ4v) is 6.27. The van der Waals surface area contributed by atoms with Gasteiger partial charge in [0.05, 0.1) is 23.2 Å². The first kappa shape index (κ1) is 15.9. The van der Waals surface area contributed by atoms with E-state index in [0.717, 1.165) is 47.5 Å². The predicted octanol–water partition coefficient (Wildman–Crippen LogP) is 3.29. The molecule has 5 nitrogen and oxygen atoms in total. The van der Waals surface area contributed by atoms with Crippen LogP contribution in [0.2, 0.25) is 0 Å². The Kier molecular flexibility index (Phi) is 3.27. The molecule has 1 atom stereocenters. The second-order valence-corrected chi connectivity index (χ2v) is 8.89. The van der Waals surface area contributed by atoms with E-state index in [4.69, 9.17) is 4.74 Å². The predicted molar refractivity (Wildman–Crippen MR) is 101 cm³/mol. The summed E-state index contributed by atoms with van der Waals surface area (Å²) in [6.07, 6.45) is 1.02. The zero-order valence-electron chi connectivity index (χ0n) is 14.8. The number of fused-ring (bicyclic) bond motifs is 5. The highest BCUT2D eigenvalue weighted by Gasteiger charge is 2.40. The van der Waals surface area contributed by atoms with Crippen LogP contribution in [-0.2, 0) is 10.0 Å². The molecule has 1 fully saturated rings. The summed E-state index contributed by atoms with van der Waals surface area (Å²) in [7, 11) is 0.164. The lowest BCUT2D eigenvalue weighted by molar-refractivity contribution is 0.411. The van der Waals surface area contributed by atoms with Gasteiger partial charge in [-0.1, -0.05) is 24.3 Å². The van der Waals surface area contributed by atoms with Crippen LogP contribution < -0.4 is 4.74 Å². The summed E-state index contributed by atoms with van der Waals surface area (Å²) in [6, 6.07) is 13.0. The average molecular weight is 368 g/mol. The molecule has 3 aromatic rings. The molecule has 2 aromatic carbocycles. The van der Waals surface area contributed by atoms with E-state index in [1.54, 1.807) is 19.2 Å². The van der Waals surface area contributed by atoms with Gasteiger partial charge >= 0.3 is 0 Å². The topological polar surface area (TPSA) is 51.5 Å². The molecule has 0 amide bonds. The minimum absolute atomic E-state index is 0.288. The van der Waals surface area contributed by atoms with Gasteiger partial charge in [-0.25, -0.2) is 12.4 Å². The average Bonchev–Trinajstić information content (AvgIpc) is 3.28. The van der Waals surface area contributed by atoms with Gasteiger partial charge in [-0.3, -0.25) is 0 Å². The van der Waals surface area contributed by atoms with Crippen molar-refractivity contribution in [2.75, 3.05) is 27.2 Å². The number of likely N-dealkylation sites (N-methyl/N-ethyl adjacent to an activating group) is 1. The summed E-state index contributed by atoms with van der Waals surface area (Å²) in [5, 5.41) is 0.934. The number of rotatable bonds is 2. The van der Waals surface area contributed by atoms with Crippen molar-refractivity contribution >= 4 is 20.9 Å². The summed E-state index contributed by atoms with van der Waals surface area (Å²) >= 11 is 0. The Bertz CT molecular complexity index is 1150. The Hall–Kier alpha value is -2.31. The quantitative estimate of drug-likeness (QED) is 0.545. The molecule has 3 heterocycles. The minimum atomic E-state index is -3.59. The second-order valence-electron chi connectivity index (χ2n) is 7.13. The van der Waals surface area contributed by atoms with E-state index < -0.39 is 10.0 Å². The molecule has 5 rings (SSSR count). The molecule has 0 aliphatic carbocycles. The van der Waals surface area contributed by atoms with Crippen LogP contribution in [0.1, 0.15) is 17.9 Å². The molecule has 0 bridgehead atoms. The Labute approximate surface area is 152 Å². The van der Waals surface area contributed by atoms with Crippen molar-refractivity contribution in [3.63, 3.8) is 0 Å². The fraction of sp³-hybridized carbons (Fsp3) is 0.300. The van der Waals surface area contributed by atoms with Crippen molar-refractivity contribution in [2.24, 2.45) is 0 Å². The summed E-state index contributed by atoms with van der Waals surface area (Å²) < 4.78 is 33.7. The van der Waals surface area contributed by atoms with E-state index >= 15 is 0 Å². The Balaban J connectivity index is 1.96. The third kappa shape index (κ3) is 1.91. The standard InChI is InChI=1S/C20H20N2O3S/c1-21-11-10-13(12-21)18-19-15(7-5-8-16(19)25-2)22-20(18)14-6-3-4-9-17(14)26(22,23)24/h3-9,13H,10-12H2,1-2H3/t13-/m0/s1. The van der Waals surface area contributed by atoms with Crippen LogP contribution in [0, 0.1) is 0 Å². The third-order valence-corrected chi connectivity index (χ3v) is 7.40. The van der Waals surface area contributed by atoms with Gasteiger partial charge in [0.15, 0.2) is 0 Å². The zero-order chi connectivity index (χ0) is 18.1. The normalized spacial score (nSPS) is 21.1. The molecule has 134 valence electrons. The largest absolute Gasteiger partial charge is 0.496 e. The van der Waals surface area contributed by atoms with Crippen LogP contribution in [0.4, 0.5) is 0 Å². The van der Waals surface area contributed by atoms with Gasteiger partial charge in [-0.2, -0.15) is 0 Å². The van der Waals surface area contributed by atoms with Crippen molar-refractivity contribution in [1.82, 2.24) is 8.87 Å². The van der Waals surface area contributed by atoms with Gasteiger partial charge in [0.2, 0.25) is 0 Å². The van der Waals surface area contributed by atoms with Crippen LogP contribution in [0.5, 0.6) is 5.75 Å². The van der Waals surface area contributed by atoms with Crippen molar-refractivity contribution in [3.8, 4) is 17.0 Å². The van der Waals surface area contributed by atoms with E-state index in [9.17, 15) is 8.42 Å². The van der Waals surface area contributed by atoms with Gasteiger partial charge in [0, 0.05) is 23.4 Å². The molecular weight excluding hydrogens is 348 g/mol. The minimum Gasteiger partial charge on any atom is -0.496 e. The first-order valence-electron chi connectivity index (χ1n) is 8.79. The maximum atomic E-state index is 13.3. The first-order valence-corrected chi connectivity index (χ1v) is 10.2. The molecule has 1 saturated heterocycles. The molecule has 0 unspecified atom stereocenters. The third-order valence-electron chi connectivity index (χ3n) is 5.63. The highest BCUT2D eigenvalue weighted by atomic mass is 32.2. The van der Waals surface area contributed by atoms with Gasteiger partial charge in [0.1, 0.15) is 5.75 Å². The molecule has 2 aliphatic rings. The molecule has 0 saturated carbocycles. The summed E-state index contributed by atoms with van der Waals surface area (Å²) in [4.78, 5) is 2.69. The monoisotopic (exact) mass is 368 g/mol. The van der Waals surface area contributed by atoms with Crippen LogP contribution in [0.25, 0.3) is 22.2 Å². The van der Waals surface area contributed by atoms with Gasteiger partial charge in [-0.05, 0) is 43.8 Å². The van der Waals surface area contributed by atoms with Crippen LogP contribution >= 0.6 is 0 Å². The lowest BCUT2D eigenvalue weighted by atomic mass is 9.92. The number of benzene rings is 2. The van der Waals surface area contributed by atoms with Crippen LogP contribution in [0.3, 0.4) is 0 Å². The summed E-state index contributed by atoms with van der Waals surface area (Å²) in [5.41, 5.74) is 3.44. The molecule has 6 heteroatoms. The van der Waals surface area contributed by atoms with Crippen molar-refractivity contribution in [1.29, 1.82) is 0 Å². The number of ether oxygens (including phenoxy) is 1. The molecule has 0 radical (unpaired) electrons. The van der Waals surface area contributed by atoms with E-state index in [0.29, 0.717) is 10.4 Å². The number of hydrogen-bond donors (Lipinski definition) is 0. The Morgan fingerprint density at radius 3 is 2.65 bits per heavy atom. The van der Waals surface area contributed by atoms with Crippen molar-refractivity contribution in [3.05, 3.63) is 48.0 Å². The first-order chi connectivity index (χ1) is 12.5. The molecule has 0 spiro atoms. The van der Waals surface area contributed by atoms with Gasteiger partial charge in [-0.15, -0.1) is 0 Å². The SMILES string of the molecule is COc1cccc2c1c([C@H]1CCN(C)C1)c1n2S(=O)(=O)c2ccccc2-1. The number of aromatic nitrogens is 1. The maximum Gasteiger partial charge on any atom is 0.269 e. The lowest BCUT2D eigenvalue weighted by Crippen LogP contribution is -2.13. The van der Waals surface area contributed by atoms with Crippen LogP contribution in [0.15, 0.2) is 47.4 Å². The van der Waals surface area contributed by atoms with Crippen molar-refractivity contribution in [2.45, 2.75) is 17.2 Å². The zero-order valence-corrected chi connectivity index (χ0v) is 15.6. The van der Waals surface area contributed by atoms with Crippen molar-refractivity contribution < 1.29 is 13.2 Å². The van der Waals surface area contributed by atoms with Gasteiger partial charge in [0.25, 0.3) is 10.0 Å². The van der Waals surface area contributed by atoms with E-state index in [1.807, 2.05) is 30.3 Å². The molecular formula is C20H20N2O3S. The fourth-order valence-electron chi connectivity index (χ4n) is 4.54. The van der Waals surface area contributed by atoms with Crippen LogP contribution in [-0.4, -0.2) is 44.5 Å². The smallest absolute Gasteiger partial charge is 0.269 e.